The van der Waals surface area contributed by atoms with Crippen molar-refractivity contribution in [2.75, 3.05) is 0 Å². The monoisotopic (exact) mass is 337 g/mol. The molecule has 100 valence electrons. The van der Waals surface area contributed by atoms with Gasteiger partial charge in [0.15, 0.2) is 11.6 Å². The second kappa shape index (κ2) is 4.75. The summed E-state index contributed by atoms with van der Waals surface area (Å²) in [4.78, 5) is 22.5. The molecule has 3 rings (SSSR count). The SMILES string of the molecule is O=c1[nH]c(-c2cncc(Br)c2)nc2cc(F)c(F)cc12. The predicted molar refractivity (Wildman–Crippen MR) is 73.2 cm³/mol. The van der Waals surface area contributed by atoms with Crippen LogP contribution in [0.2, 0.25) is 0 Å². The Labute approximate surface area is 119 Å². The van der Waals surface area contributed by atoms with E-state index in [1.54, 1.807) is 12.3 Å². The van der Waals surface area contributed by atoms with Gasteiger partial charge in [-0.3, -0.25) is 9.78 Å². The number of hydrogen-bond acceptors (Lipinski definition) is 3. The third-order valence-corrected chi connectivity index (χ3v) is 3.16. The first kappa shape index (κ1) is 12.9. The lowest BCUT2D eigenvalue weighted by atomic mass is 10.2. The lowest BCUT2D eigenvalue weighted by Crippen LogP contribution is -2.10. The minimum Gasteiger partial charge on any atom is -0.306 e. The van der Waals surface area contributed by atoms with Crippen LogP contribution in [0.5, 0.6) is 0 Å². The Bertz CT molecular complexity index is 879. The molecule has 0 spiro atoms. The van der Waals surface area contributed by atoms with Crippen molar-refractivity contribution in [3.63, 3.8) is 0 Å². The Balaban J connectivity index is 2.29. The molecule has 4 nitrogen and oxygen atoms in total. The average Bonchev–Trinajstić information content (AvgIpc) is 2.41. The van der Waals surface area contributed by atoms with E-state index in [0.717, 1.165) is 12.1 Å². The standard InChI is InChI=1S/C13H6BrF2N3O/c14-7-1-6(4-17-5-7)12-18-11-3-10(16)9(15)2-8(11)13(20)19-12/h1-5H,(H,18,19,20). The van der Waals surface area contributed by atoms with Crippen molar-refractivity contribution in [1.82, 2.24) is 15.0 Å². The van der Waals surface area contributed by atoms with Gasteiger partial charge in [-0.05, 0) is 28.1 Å². The topological polar surface area (TPSA) is 58.6 Å². The van der Waals surface area contributed by atoms with Crippen LogP contribution in [0, 0.1) is 11.6 Å². The van der Waals surface area contributed by atoms with Crippen LogP contribution in [-0.2, 0) is 0 Å². The molecule has 0 fully saturated rings. The smallest absolute Gasteiger partial charge is 0.259 e. The van der Waals surface area contributed by atoms with Crippen LogP contribution in [0.25, 0.3) is 22.3 Å². The molecule has 0 saturated heterocycles. The number of halogens is 3. The lowest BCUT2D eigenvalue weighted by molar-refractivity contribution is 0.510. The van der Waals surface area contributed by atoms with Crippen LogP contribution < -0.4 is 5.56 Å². The van der Waals surface area contributed by atoms with E-state index in [-0.39, 0.29) is 16.7 Å². The molecule has 7 heteroatoms. The van der Waals surface area contributed by atoms with Crippen molar-refractivity contribution in [3.05, 3.63) is 57.1 Å². The zero-order chi connectivity index (χ0) is 14.3. The number of H-pyrrole nitrogens is 1. The second-order valence-corrected chi connectivity index (χ2v) is 5.01. The number of nitrogens with zero attached hydrogens (tertiary/aromatic N) is 2. The van der Waals surface area contributed by atoms with Crippen molar-refractivity contribution in [2.45, 2.75) is 0 Å². The van der Waals surface area contributed by atoms with Crippen molar-refractivity contribution in [2.24, 2.45) is 0 Å². The van der Waals surface area contributed by atoms with Crippen molar-refractivity contribution >= 4 is 26.8 Å². The Morgan fingerprint density at radius 1 is 1.10 bits per heavy atom. The summed E-state index contributed by atoms with van der Waals surface area (Å²) in [6, 6.07) is 3.44. The molecule has 0 atom stereocenters. The lowest BCUT2D eigenvalue weighted by Gasteiger charge is -2.04. The Kier molecular flexibility index (Phi) is 3.06. The summed E-state index contributed by atoms with van der Waals surface area (Å²) in [5.74, 6) is -1.89. The van der Waals surface area contributed by atoms with Gasteiger partial charge in [0.2, 0.25) is 0 Å². The van der Waals surface area contributed by atoms with Gasteiger partial charge in [0.1, 0.15) is 5.82 Å². The number of hydrogen-bond donors (Lipinski definition) is 1. The van der Waals surface area contributed by atoms with E-state index in [4.69, 9.17) is 0 Å². The summed E-state index contributed by atoms with van der Waals surface area (Å²) in [5, 5.41) is -0.00407. The summed E-state index contributed by atoms with van der Waals surface area (Å²) >= 11 is 3.26. The molecule has 0 saturated carbocycles. The molecule has 0 aliphatic rings. The highest BCUT2D eigenvalue weighted by Gasteiger charge is 2.11. The predicted octanol–water partition coefficient (Wildman–Crippen LogP) is 3.03. The number of rotatable bonds is 1. The Morgan fingerprint density at radius 3 is 2.60 bits per heavy atom. The van der Waals surface area contributed by atoms with Gasteiger partial charge in [0.05, 0.1) is 10.9 Å². The fraction of sp³-hybridized carbons (Fsp3) is 0. The largest absolute Gasteiger partial charge is 0.306 e. The van der Waals surface area contributed by atoms with Gasteiger partial charge >= 0.3 is 0 Å². The molecule has 0 amide bonds. The average molecular weight is 338 g/mol. The molecule has 0 radical (unpaired) electrons. The third-order valence-electron chi connectivity index (χ3n) is 2.73. The molecule has 0 bridgehead atoms. The number of benzene rings is 1. The molecular formula is C13H6BrF2N3O. The van der Waals surface area contributed by atoms with Gasteiger partial charge < -0.3 is 4.98 Å². The normalized spacial score (nSPS) is 10.9. The zero-order valence-electron chi connectivity index (χ0n) is 9.82. The third kappa shape index (κ3) is 2.20. The zero-order valence-corrected chi connectivity index (χ0v) is 11.4. The first-order valence-electron chi connectivity index (χ1n) is 5.54. The number of aromatic amines is 1. The van der Waals surface area contributed by atoms with Gasteiger partial charge in [0, 0.05) is 28.5 Å². The molecule has 1 aromatic carbocycles. The van der Waals surface area contributed by atoms with Crippen LogP contribution in [0.15, 0.2) is 39.9 Å². The van der Waals surface area contributed by atoms with Gasteiger partial charge in [-0.2, -0.15) is 0 Å². The van der Waals surface area contributed by atoms with Gasteiger partial charge in [-0.25, -0.2) is 13.8 Å². The molecule has 3 aromatic rings. The van der Waals surface area contributed by atoms with Crippen LogP contribution in [0.3, 0.4) is 0 Å². The first-order chi connectivity index (χ1) is 9.54. The van der Waals surface area contributed by atoms with Crippen LogP contribution in [0.4, 0.5) is 8.78 Å². The van der Waals surface area contributed by atoms with Gasteiger partial charge in [-0.1, -0.05) is 0 Å². The maximum atomic E-state index is 13.2. The molecule has 0 unspecified atom stereocenters. The second-order valence-electron chi connectivity index (χ2n) is 4.09. The number of pyridine rings is 1. The summed E-state index contributed by atoms with van der Waals surface area (Å²) in [6.45, 7) is 0. The van der Waals surface area contributed by atoms with E-state index in [1.807, 2.05) is 0 Å². The van der Waals surface area contributed by atoms with Crippen LogP contribution in [0.1, 0.15) is 0 Å². The highest BCUT2D eigenvalue weighted by Crippen LogP contribution is 2.20. The summed E-state index contributed by atoms with van der Waals surface area (Å²) in [5.41, 5.74) is 0.106. The van der Waals surface area contributed by atoms with Gasteiger partial charge in [-0.15, -0.1) is 0 Å². The molecule has 0 aliphatic heterocycles. The molecular weight excluding hydrogens is 332 g/mol. The Hall–Kier alpha value is -2.15. The maximum absolute atomic E-state index is 13.2. The molecule has 1 N–H and O–H groups in total. The van der Waals surface area contributed by atoms with E-state index >= 15 is 0 Å². The maximum Gasteiger partial charge on any atom is 0.259 e. The minimum atomic E-state index is -1.08. The van der Waals surface area contributed by atoms with Crippen LogP contribution in [-0.4, -0.2) is 15.0 Å². The highest BCUT2D eigenvalue weighted by molar-refractivity contribution is 9.10. The number of aromatic nitrogens is 3. The Morgan fingerprint density at radius 2 is 1.85 bits per heavy atom. The summed E-state index contributed by atoms with van der Waals surface area (Å²) in [6.07, 6.45) is 3.09. The highest BCUT2D eigenvalue weighted by atomic mass is 79.9. The number of fused-ring (bicyclic) bond motifs is 1. The van der Waals surface area contributed by atoms with Crippen molar-refractivity contribution in [1.29, 1.82) is 0 Å². The fourth-order valence-corrected chi connectivity index (χ4v) is 2.18. The van der Waals surface area contributed by atoms with E-state index < -0.39 is 17.2 Å². The van der Waals surface area contributed by atoms with E-state index in [1.165, 1.54) is 6.20 Å². The summed E-state index contributed by atoms with van der Waals surface area (Å²) in [7, 11) is 0. The number of nitrogens with one attached hydrogen (secondary N) is 1. The van der Waals surface area contributed by atoms with Crippen LogP contribution >= 0.6 is 15.9 Å². The molecule has 0 aliphatic carbocycles. The van der Waals surface area contributed by atoms with Crippen molar-refractivity contribution < 1.29 is 8.78 Å². The minimum absolute atomic E-state index is 0.00407. The van der Waals surface area contributed by atoms with E-state index in [9.17, 15) is 13.6 Å². The molecule has 20 heavy (non-hydrogen) atoms. The first-order valence-corrected chi connectivity index (χ1v) is 6.34. The van der Waals surface area contributed by atoms with E-state index in [0.29, 0.717) is 10.0 Å². The summed E-state index contributed by atoms with van der Waals surface area (Å²) < 4.78 is 27.1. The molecule has 2 aromatic heterocycles. The van der Waals surface area contributed by atoms with Gasteiger partial charge in [0.25, 0.3) is 5.56 Å². The fourth-order valence-electron chi connectivity index (χ4n) is 1.81. The molecule has 2 heterocycles. The quantitative estimate of drug-likeness (QED) is 0.742. The van der Waals surface area contributed by atoms with Crippen molar-refractivity contribution in [3.8, 4) is 11.4 Å². The van der Waals surface area contributed by atoms with E-state index in [2.05, 4.69) is 30.9 Å².